The lowest BCUT2D eigenvalue weighted by atomic mass is 10.1. The molecule has 1 aromatic heterocycles. The first-order valence-electron chi connectivity index (χ1n) is 6.40. The molecule has 0 radical (unpaired) electrons. The smallest absolute Gasteiger partial charge is 0.297 e. The molecule has 0 fully saturated rings. The summed E-state index contributed by atoms with van der Waals surface area (Å²) in [6.07, 6.45) is 3.55. The zero-order valence-electron chi connectivity index (χ0n) is 11.5. The van der Waals surface area contributed by atoms with Crippen LogP contribution in [0.3, 0.4) is 0 Å². The molecule has 0 bridgehead atoms. The van der Waals surface area contributed by atoms with Crippen LogP contribution < -0.4 is 17.0 Å². The molecule has 1 aromatic carbocycles. The lowest BCUT2D eigenvalue weighted by molar-refractivity contribution is 0.0953. The molecule has 0 aliphatic carbocycles. The van der Waals surface area contributed by atoms with Crippen LogP contribution in [-0.2, 0) is 6.54 Å². The Morgan fingerprint density at radius 1 is 1.25 bits per heavy atom. The Morgan fingerprint density at radius 3 is 2.40 bits per heavy atom. The normalized spacial score (nSPS) is 10.8. The maximum absolute atomic E-state index is 12.1. The number of nitrogens with one attached hydrogen (secondary N) is 1. The Bertz CT molecular complexity index is 653. The van der Waals surface area contributed by atoms with Gasteiger partial charge in [-0.25, -0.2) is 10.6 Å². The van der Waals surface area contributed by atoms with Crippen molar-refractivity contribution in [3.05, 3.63) is 58.3 Å². The Morgan fingerprint density at radius 2 is 1.90 bits per heavy atom. The minimum atomic E-state index is -0.334. The molecular formula is C14H18N4O2. The minimum Gasteiger partial charge on any atom is -0.297 e. The number of hydrogen-bond donors (Lipinski definition) is 2. The summed E-state index contributed by atoms with van der Waals surface area (Å²) in [4.78, 5) is 23.4. The van der Waals surface area contributed by atoms with Gasteiger partial charge in [0, 0.05) is 24.0 Å². The number of nitrogens with zero attached hydrogens (tertiary/aromatic N) is 2. The highest BCUT2D eigenvalue weighted by molar-refractivity contribution is 5.93. The van der Waals surface area contributed by atoms with Crippen LogP contribution in [0.4, 0.5) is 0 Å². The number of hydrogen-bond acceptors (Lipinski definition) is 3. The standard InChI is InChI=1S/C14H18N4O2/c1-10(2)18-8-7-17(14(18)20)9-11-3-5-12(6-4-11)13(19)16-15/h3-8,10H,9,15H2,1-2H3,(H,16,19). The van der Waals surface area contributed by atoms with Gasteiger partial charge in [0.1, 0.15) is 0 Å². The third-order valence-electron chi connectivity index (χ3n) is 3.13. The van der Waals surface area contributed by atoms with Crippen molar-refractivity contribution in [1.82, 2.24) is 14.6 Å². The molecule has 0 saturated carbocycles. The van der Waals surface area contributed by atoms with E-state index in [4.69, 9.17) is 5.84 Å². The first-order valence-corrected chi connectivity index (χ1v) is 6.40. The number of imidazole rings is 1. The summed E-state index contributed by atoms with van der Waals surface area (Å²) in [5.74, 6) is 4.74. The van der Waals surface area contributed by atoms with E-state index in [9.17, 15) is 9.59 Å². The van der Waals surface area contributed by atoms with Gasteiger partial charge in [-0.05, 0) is 31.5 Å². The van der Waals surface area contributed by atoms with Gasteiger partial charge in [-0.15, -0.1) is 0 Å². The van der Waals surface area contributed by atoms with Crippen molar-refractivity contribution in [1.29, 1.82) is 0 Å². The topological polar surface area (TPSA) is 82.1 Å². The van der Waals surface area contributed by atoms with Gasteiger partial charge in [-0.2, -0.15) is 0 Å². The lowest BCUT2D eigenvalue weighted by Crippen LogP contribution is -2.30. The van der Waals surface area contributed by atoms with Crippen molar-refractivity contribution < 1.29 is 4.79 Å². The van der Waals surface area contributed by atoms with Gasteiger partial charge >= 0.3 is 5.69 Å². The summed E-state index contributed by atoms with van der Waals surface area (Å²) in [7, 11) is 0. The van der Waals surface area contributed by atoms with Gasteiger partial charge in [-0.3, -0.25) is 19.4 Å². The van der Waals surface area contributed by atoms with E-state index in [1.54, 1.807) is 33.7 Å². The summed E-state index contributed by atoms with van der Waals surface area (Å²) < 4.78 is 3.31. The largest absolute Gasteiger partial charge is 0.328 e. The molecule has 0 spiro atoms. The summed E-state index contributed by atoms with van der Waals surface area (Å²) in [5.41, 5.74) is 3.48. The fourth-order valence-corrected chi connectivity index (χ4v) is 1.98. The molecule has 0 saturated heterocycles. The van der Waals surface area contributed by atoms with Crippen LogP contribution in [0, 0.1) is 0 Å². The molecular weight excluding hydrogens is 256 g/mol. The van der Waals surface area contributed by atoms with Crippen LogP contribution in [0.5, 0.6) is 0 Å². The fourth-order valence-electron chi connectivity index (χ4n) is 1.98. The van der Waals surface area contributed by atoms with Crippen molar-refractivity contribution in [2.24, 2.45) is 5.84 Å². The Hall–Kier alpha value is -2.34. The number of benzene rings is 1. The zero-order chi connectivity index (χ0) is 14.7. The third-order valence-corrected chi connectivity index (χ3v) is 3.13. The molecule has 2 rings (SSSR count). The van der Waals surface area contributed by atoms with Crippen LogP contribution in [0.1, 0.15) is 35.8 Å². The van der Waals surface area contributed by atoms with E-state index in [2.05, 4.69) is 5.43 Å². The highest BCUT2D eigenvalue weighted by Gasteiger charge is 2.07. The molecule has 0 aliphatic rings. The lowest BCUT2D eigenvalue weighted by Gasteiger charge is -2.06. The molecule has 3 N–H and O–H groups in total. The number of nitrogen functional groups attached to an aromatic ring is 1. The van der Waals surface area contributed by atoms with Crippen molar-refractivity contribution >= 4 is 5.91 Å². The number of nitrogens with two attached hydrogens (primary N) is 1. The second kappa shape index (κ2) is 5.75. The molecule has 1 heterocycles. The van der Waals surface area contributed by atoms with E-state index >= 15 is 0 Å². The van der Waals surface area contributed by atoms with Crippen molar-refractivity contribution in [2.75, 3.05) is 0 Å². The number of carbonyl (C=O) groups is 1. The van der Waals surface area contributed by atoms with Gasteiger partial charge in [0.15, 0.2) is 0 Å². The second-order valence-electron chi connectivity index (χ2n) is 4.88. The first-order chi connectivity index (χ1) is 9.52. The van der Waals surface area contributed by atoms with E-state index in [1.165, 1.54) is 0 Å². The summed E-state index contributed by atoms with van der Waals surface area (Å²) in [6.45, 7) is 4.40. The molecule has 0 aliphatic heterocycles. The monoisotopic (exact) mass is 274 g/mol. The highest BCUT2D eigenvalue weighted by Crippen LogP contribution is 2.06. The molecule has 0 unspecified atom stereocenters. The van der Waals surface area contributed by atoms with Gasteiger partial charge in [0.25, 0.3) is 5.91 Å². The third kappa shape index (κ3) is 2.80. The van der Waals surface area contributed by atoms with Crippen LogP contribution >= 0.6 is 0 Å². The maximum Gasteiger partial charge on any atom is 0.328 e. The fraction of sp³-hybridized carbons (Fsp3) is 0.286. The molecule has 6 nitrogen and oxygen atoms in total. The van der Waals surface area contributed by atoms with E-state index < -0.39 is 0 Å². The van der Waals surface area contributed by atoms with Crippen LogP contribution in [-0.4, -0.2) is 15.0 Å². The quantitative estimate of drug-likeness (QED) is 0.493. The van der Waals surface area contributed by atoms with E-state index in [0.717, 1.165) is 5.56 Å². The van der Waals surface area contributed by atoms with Crippen LogP contribution in [0.15, 0.2) is 41.5 Å². The molecule has 1 amide bonds. The Kier molecular flexibility index (Phi) is 4.05. The molecule has 2 aromatic rings. The number of carbonyl (C=O) groups excluding carboxylic acids is 1. The first kappa shape index (κ1) is 14.1. The predicted molar refractivity (Wildman–Crippen MR) is 76.3 cm³/mol. The molecule has 0 atom stereocenters. The SMILES string of the molecule is CC(C)n1ccn(Cc2ccc(C(=O)NN)cc2)c1=O. The molecule has 20 heavy (non-hydrogen) atoms. The van der Waals surface area contributed by atoms with Crippen molar-refractivity contribution in [3.8, 4) is 0 Å². The number of aromatic nitrogens is 2. The molecule has 6 heteroatoms. The summed E-state index contributed by atoms with van der Waals surface area (Å²) >= 11 is 0. The van der Waals surface area contributed by atoms with Gasteiger partial charge in [-0.1, -0.05) is 12.1 Å². The predicted octanol–water partition coefficient (Wildman–Crippen LogP) is 0.883. The summed E-state index contributed by atoms with van der Waals surface area (Å²) in [5, 5.41) is 0. The average molecular weight is 274 g/mol. The maximum atomic E-state index is 12.1. The number of hydrazine groups is 1. The van der Waals surface area contributed by atoms with Crippen LogP contribution in [0.25, 0.3) is 0 Å². The highest BCUT2D eigenvalue weighted by atomic mass is 16.2. The van der Waals surface area contributed by atoms with Gasteiger partial charge < -0.3 is 0 Å². The van der Waals surface area contributed by atoms with Gasteiger partial charge in [0.05, 0.1) is 6.54 Å². The number of rotatable bonds is 4. The van der Waals surface area contributed by atoms with Crippen molar-refractivity contribution in [2.45, 2.75) is 26.4 Å². The van der Waals surface area contributed by atoms with E-state index in [0.29, 0.717) is 12.1 Å². The van der Waals surface area contributed by atoms with Gasteiger partial charge in [0.2, 0.25) is 0 Å². The van der Waals surface area contributed by atoms with E-state index in [-0.39, 0.29) is 17.6 Å². The minimum absolute atomic E-state index is 0.0382. The van der Waals surface area contributed by atoms with E-state index in [1.807, 2.05) is 26.0 Å². The second-order valence-corrected chi connectivity index (χ2v) is 4.88. The Balaban J connectivity index is 2.18. The number of amides is 1. The Labute approximate surface area is 116 Å². The van der Waals surface area contributed by atoms with Crippen molar-refractivity contribution in [3.63, 3.8) is 0 Å². The summed E-state index contributed by atoms with van der Waals surface area (Å²) in [6, 6.07) is 7.12. The zero-order valence-corrected chi connectivity index (χ0v) is 11.5. The molecule has 106 valence electrons. The average Bonchev–Trinajstić information content (AvgIpc) is 2.80. The van der Waals surface area contributed by atoms with Crippen LogP contribution in [0.2, 0.25) is 0 Å².